The van der Waals surface area contributed by atoms with Gasteiger partial charge >= 0.3 is 0 Å². The molecule has 0 saturated heterocycles. The van der Waals surface area contributed by atoms with Crippen LogP contribution in [0.2, 0.25) is 0 Å². The quantitative estimate of drug-likeness (QED) is 0.812. The molecule has 0 saturated carbocycles. The maximum absolute atomic E-state index is 13.0. The summed E-state index contributed by atoms with van der Waals surface area (Å²) in [4.78, 5) is 14.9. The van der Waals surface area contributed by atoms with Crippen molar-refractivity contribution in [2.24, 2.45) is 0 Å². The summed E-state index contributed by atoms with van der Waals surface area (Å²) in [6.07, 6.45) is 2.02. The maximum Gasteiger partial charge on any atom is 0.258 e. The van der Waals surface area contributed by atoms with Crippen LogP contribution in [0.5, 0.6) is 0 Å². The molecule has 2 N–H and O–H groups in total. The van der Waals surface area contributed by atoms with E-state index in [1.54, 1.807) is 6.07 Å². The number of amides is 1. The highest BCUT2D eigenvalue weighted by Gasteiger charge is 2.29. The fourth-order valence-corrected chi connectivity index (χ4v) is 3.00. The zero-order valence-electron chi connectivity index (χ0n) is 12.5. The number of nitrogens with zero attached hydrogens (tertiary/aromatic N) is 1. The summed E-state index contributed by atoms with van der Waals surface area (Å²) in [7, 11) is 0. The van der Waals surface area contributed by atoms with Gasteiger partial charge in [0.1, 0.15) is 0 Å². The molecule has 3 nitrogen and oxygen atoms in total. The van der Waals surface area contributed by atoms with Gasteiger partial charge in [-0.2, -0.15) is 0 Å². The fourth-order valence-electron chi connectivity index (χ4n) is 3.00. The standard InChI is InChI=1S/C18H20N2O/c1-12-7-10-15(19)11-16(12)18(21)20-13(2)8-9-14-5-3-4-6-17(14)20/h3-7,10-11,13H,8-9,19H2,1-2H3. The summed E-state index contributed by atoms with van der Waals surface area (Å²) >= 11 is 0. The Balaban J connectivity index is 2.07. The molecule has 2 aromatic rings. The van der Waals surface area contributed by atoms with Gasteiger partial charge in [0.2, 0.25) is 0 Å². The van der Waals surface area contributed by atoms with Crippen molar-refractivity contribution in [1.29, 1.82) is 0 Å². The molecule has 1 aliphatic rings. The van der Waals surface area contributed by atoms with Gasteiger partial charge in [0.05, 0.1) is 0 Å². The number of nitrogen functional groups attached to an aromatic ring is 1. The van der Waals surface area contributed by atoms with E-state index in [-0.39, 0.29) is 11.9 Å². The number of nitrogens with two attached hydrogens (primary N) is 1. The Bertz CT molecular complexity index is 693. The summed E-state index contributed by atoms with van der Waals surface area (Å²) in [5, 5.41) is 0. The van der Waals surface area contributed by atoms with Crippen molar-refractivity contribution in [2.45, 2.75) is 32.7 Å². The van der Waals surface area contributed by atoms with E-state index < -0.39 is 0 Å². The molecule has 0 spiro atoms. The van der Waals surface area contributed by atoms with Gasteiger partial charge in [-0.05, 0) is 56.0 Å². The third-order valence-electron chi connectivity index (χ3n) is 4.23. The third-order valence-corrected chi connectivity index (χ3v) is 4.23. The predicted octanol–water partition coefficient (Wildman–Crippen LogP) is 3.56. The Morgan fingerprint density at radius 3 is 2.81 bits per heavy atom. The molecule has 0 fully saturated rings. The number of benzene rings is 2. The fraction of sp³-hybridized carbons (Fsp3) is 0.278. The highest BCUT2D eigenvalue weighted by molar-refractivity contribution is 6.08. The lowest BCUT2D eigenvalue weighted by molar-refractivity contribution is 0.0974. The van der Waals surface area contributed by atoms with Gasteiger partial charge in [-0.3, -0.25) is 4.79 Å². The van der Waals surface area contributed by atoms with Gasteiger partial charge in [0.25, 0.3) is 5.91 Å². The van der Waals surface area contributed by atoms with E-state index in [1.165, 1.54) is 5.56 Å². The Kier molecular flexibility index (Phi) is 3.42. The second-order valence-corrected chi connectivity index (χ2v) is 5.77. The van der Waals surface area contributed by atoms with Crippen LogP contribution in [-0.2, 0) is 6.42 Å². The van der Waals surface area contributed by atoms with Crippen molar-refractivity contribution in [3.8, 4) is 0 Å². The Labute approximate surface area is 125 Å². The lowest BCUT2D eigenvalue weighted by Crippen LogP contribution is -2.42. The summed E-state index contributed by atoms with van der Waals surface area (Å²) in [6.45, 7) is 4.06. The topological polar surface area (TPSA) is 46.3 Å². The molecule has 3 rings (SSSR count). The number of para-hydroxylation sites is 1. The largest absolute Gasteiger partial charge is 0.399 e. The maximum atomic E-state index is 13.0. The van der Waals surface area contributed by atoms with E-state index in [0.717, 1.165) is 24.1 Å². The van der Waals surface area contributed by atoms with E-state index in [0.29, 0.717) is 11.3 Å². The van der Waals surface area contributed by atoms with Crippen molar-refractivity contribution in [3.05, 3.63) is 59.2 Å². The average Bonchev–Trinajstić information content (AvgIpc) is 2.49. The van der Waals surface area contributed by atoms with Crippen LogP contribution in [0.3, 0.4) is 0 Å². The molecule has 3 heteroatoms. The Morgan fingerprint density at radius 1 is 1.24 bits per heavy atom. The predicted molar refractivity (Wildman–Crippen MR) is 86.6 cm³/mol. The highest BCUT2D eigenvalue weighted by atomic mass is 16.2. The van der Waals surface area contributed by atoms with Crippen molar-refractivity contribution in [2.75, 3.05) is 10.6 Å². The number of fused-ring (bicyclic) bond motifs is 1. The van der Waals surface area contributed by atoms with E-state index in [2.05, 4.69) is 13.0 Å². The average molecular weight is 280 g/mol. The first-order valence-corrected chi connectivity index (χ1v) is 7.35. The van der Waals surface area contributed by atoms with Crippen molar-refractivity contribution >= 4 is 17.3 Å². The minimum Gasteiger partial charge on any atom is -0.399 e. The summed E-state index contributed by atoms with van der Waals surface area (Å²) in [5.74, 6) is 0.0412. The van der Waals surface area contributed by atoms with Gasteiger partial charge in [0.15, 0.2) is 0 Å². The van der Waals surface area contributed by atoms with Crippen LogP contribution in [0, 0.1) is 6.92 Å². The summed E-state index contributed by atoms with van der Waals surface area (Å²) < 4.78 is 0. The van der Waals surface area contributed by atoms with Gasteiger partial charge in [-0.25, -0.2) is 0 Å². The molecular formula is C18H20N2O. The van der Waals surface area contributed by atoms with Crippen LogP contribution < -0.4 is 10.6 Å². The summed E-state index contributed by atoms with van der Waals surface area (Å²) in [5.41, 5.74) is 10.4. The van der Waals surface area contributed by atoms with Gasteiger partial charge in [-0.15, -0.1) is 0 Å². The monoisotopic (exact) mass is 280 g/mol. The van der Waals surface area contributed by atoms with Crippen LogP contribution in [0.15, 0.2) is 42.5 Å². The van der Waals surface area contributed by atoms with E-state index in [9.17, 15) is 4.79 Å². The molecule has 2 aromatic carbocycles. The van der Waals surface area contributed by atoms with E-state index in [4.69, 9.17) is 5.73 Å². The lowest BCUT2D eigenvalue weighted by atomic mass is 9.95. The second-order valence-electron chi connectivity index (χ2n) is 5.77. The van der Waals surface area contributed by atoms with Crippen LogP contribution in [0.4, 0.5) is 11.4 Å². The minimum atomic E-state index is 0.0412. The molecule has 1 atom stereocenters. The molecular weight excluding hydrogens is 260 g/mol. The van der Waals surface area contributed by atoms with E-state index in [1.807, 2.05) is 42.2 Å². The first-order valence-electron chi connectivity index (χ1n) is 7.35. The molecule has 1 unspecified atom stereocenters. The molecule has 0 bridgehead atoms. The molecule has 21 heavy (non-hydrogen) atoms. The van der Waals surface area contributed by atoms with Crippen molar-refractivity contribution in [3.63, 3.8) is 0 Å². The molecule has 108 valence electrons. The first kappa shape index (κ1) is 13.7. The van der Waals surface area contributed by atoms with Crippen LogP contribution in [0.25, 0.3) is 0 Å². The highest BCUT2D eigenvalue weighted by Crippen LogP contribution is 2.32. The number of hydrogen-bond donors (Lipinski definition) is 1. The minimum absolute atomic E-state index is 0.0412. The zero-order chi connectivity index (χ0) is 15.0. The second kappa shape index (κ2) is 5.24. The van der Waals surface area contributed by atoms with Gasteiger partial charge in [0, 0.05) is 23.0 Å². The molecule has 0 aliphatic carbocycles. The van der Waals surface area contributed by atoms with Crippen LogP contribution in [-0.4, -0.2) is 11.9 Å². The molecule has 0 aromatic heterocycles. The number of rotatable bonds is 1. The number of carbonyl (C=O) groups excluding carboxylic acids is 1. The van der Waals surface area contributed by atoms with Crippen LogP contribution >= 0.6 is 0 Å². The van der Waals surface area contributed by atoms with Gasteiger partial charge in [-0.1, -0.05) is 24.3 Å². The normalized spacial score (nSPS) is 17.4. The smallest absolute Gasteiger partial charge is 0.258 e. The summed E-state index contributed by atoms with van der Waals surface area (Å²) in [6, 6.07) is 13.9. The van der Waals surface area contributed by atoms with Crippen molar-refractivity contribution in [1.82, 2.24) is 0 Å². The SMILES string of the molecule is Cc1ccc(N)cc1C(=O)N1c2ccccc2CCC1C. The molecule has 1 aliphatic heterocycles. The Morgan fingerprint density at radius 2 is 2.00 bits per heavy atom. The first-order chi connectivity index (χ1) is 10.1. The number of aryl methyl sites for hydroxylation is 2. The van der Waals surface area contributed by atoms with Gasteiger partial charge < -0.3 is 10.6 Å². The third kappa shape index (κ3) is 2.40. The number of hydrogen-bond acceptors (Lipinski definition) is 2. The molecule has 0 radical (unpaired) electrons. The lowest BCUT2D eigenvalue weighted by Gasteiger charge is -2.35. The van der Waals surface area contributed by atoms with Crippen molar-refractivity contribution < 1.29 is 4.79 Å². The molecule has 1 amide bonds. The van der Waals surface area contributed by atoms with Crippen LogP contribution in [0.1, 0.15) is 34.8 Å². The Hall–Kier alpha value is -2.29. The molecule has 1 heterocycles. The van der Waals surface area contributed by atoms with E-state index >= 15 is 0 Å². The number of anilines is 2. The number of carbonyl (C=O) groups is 1. The zero-order valence-corrected chi connectivity index (χ0v) is 12.5.